The zero-order valence-electron chi connectivity index (χ0n) is 20.9. The summed E-state index contributed by atoms with van der Waals surface area (Å²) in [5.41, 5.74) is 12.6. The fraction of sp³-hybridized carbons (Fsp3) is 0.520. The Morgan fingerprint density at radius 1 is 0.944 bits per heavy atom. The summed E-state index contributed by atoms with van der Waals surface area (Å²) < 4.78 is 0. The number of aliphatic carboxylic acids is 1. The topological polar surface area (TPSA) is 192 Å². The molecule has 3 atom stereocenters. The van der Waals surface area contributed by atoms with Crippen LogP contribution in [0.4, 0.5) is 0 Å². The number of para-hydroxylation sites is 1. The summed E-state index contributed by atoms with van der Waals surface area (Å²) in [6, 6.07) is 4.53. The van der Waals surface area contributed by atoms with Crippen molar-refractivity contribution in [3.8, 4) is 0 Å². The van der Waals surface area contributed by atoms with Crippen molar-refractivity contribution in [2.75, 3.05) is 13.1 Å². The van der Waals surface area contributed by atoms with Gasteiger partial charge in [0.2, 0.25) is 17.7 Å². The third kappa shape index (κ3) is 8.65. The minimum Gasteiger partial charge on any atom is -0.480 e. The lowest BCUT2D eigenvalue weighted by Gasteiger charge is -2.25. The molecular weight excluding hydrogens is 464 g/mol. The van der Waals surface area contributed by atoms with Gasteiger partial charge in [-0.1, -0.05) is 32.0 Å². The molecule has 1 heterocycles. The third-order valence-electron chi connectivity index (χ3n) is 5.84. The first-order chi connectivity index (χ1) is 17.2. The zero-order chi connectivity index (χ0) is 26.7. The highest BCUT2D eigenvalue weighted by Crippen LogP contribution is 2.19. The third-order valence-corrected chi connectivity index (χ3v) is 5.84. The van der Waals surface area contributed by atoms with E-state index in [0.29, 0.717) is 19.4 Å². The molecule has 0 spiro atoms. The molecular formula is C25H38N6O5. The number of benzene rings is 1. The molecule has 0 fully saturated rings. The molecule has 0 unspecified atom stereocenters. The molecule has 0 aliphatic heterocycles. The molecule has 2 rings (SSSR count). The molecule has 11 heteroatoms. The van der Waals surface area contributed by atoms with Crippen molar-refractivity contribution in [1.82, 2.24) is 20.9 Å². The summed E-state index contributed by atoms with van der Waals surface area (Å²) in [6.45, 7) is 3.92. The van der Waals surface area contributed by atoms with Gasteiger partial charge < -0.3 is 37.5 Å². The Morgan fingerprint density at radius 2 is 1.61 bits per heavy atom. The van der Waals surface area contributed by atoms with Crippen molar-refractivity contribution < 1.29 is 24.3 Å². The van der Waals surface area contributed by atoms with Crippen LogP contribution in [0.5, 0.6) is 0 Å². The molecule has 0 saturated heterocycles. The summed E-state index contributed by atoms with van der Waals surface area (Å²) in [7, 11) is 0. The van der Waals surface area contributed by atoms with E-state index in [4.69, 9.17) is 11.5 Å². The van der Waals surface area contributed by atoms with Gasteiger partial charge in [-0.2, -0.15) is 0 Å². The van der Waals surface area contributed by atoms with E-state index in [1.54, 1.807) is 6.20 Å². The summed E-state index contributed by atoms with van der Waals surface area (Å²) in [5, 5.41) is 18.3. The molecule has 1 aromatic carbocycles. The van der Waals surface area contributed by atoms with Gasteiger partial charge in [-0.05, 0) is 49.8 Å². The Hall–Kier alpha value is -3.44. The number of aromatic amines is 1. The van der Waals surface area contributed by atoms with Crippen LogP contribution in [0.1, 0.15) is 45.1 Å². The molecule has 0 radical (unpaired) electrons. The van der Waals surface area contributed by atoms with Crippen LogP contribution >= 0.6 is 0 Å². The summed E-state index contributed by atoms with van der Waals surface area (Å²) in [5.74, 6) is -2.77. The van der Waals surface area contributed by atoms with Crippen LogP contribution in [0.3, 0.4) is 0 Å². The number of rotatable bonds is 15. The number of nitrogens with two attached hydrogens (primary N) is 2. The summed E-state index contributed by atoms with van der Waals surface area (Å²) in [4.78, 5) is 53.2. The van der Waals surface area contributed by atoms with Crippen LogP contribution in [0.25, 0.3) is 10.9 Å². The minimum atomic E-state index is -1.15. The fourth-order valence-electron chi connectivity index (χ4n) is 3.98. The lowest BCUT2D eigenvalue weighted by Crippen LogP contribution is -2.57. The van der Waals surface area contributed by atoms with Gasteiger partial charge in [-0.3, -0.25) is 14.4 Å². The first-order valence-corrected chi connectivity index (χ1v) is 12.2. The number of amides is 3. The normalized spacial score (nSPS) is 13.7. The van der Waals surface area contributed by atoms with Crippen LogP contribution in [-0.4, -0.2) is 65.0 Å². The van der Waals surface area contributed by atoms with Crippen molar-refractivity contribution in [3.05, 3.63) is 36.0 Å². The second kappa shape index (κ2) is 14.2. The molecule has 0 aliphatic rings. The Kier molecular flexibility index (Phi) is 11.4. The maximum Gasteiger partial charge on any atom is 0.326 e. The van der Waals surface area contributed by atoms with E-state index in [2.05, 4.69) is 20.9 Å². The van der Waals surface area contributed by atoms with E-state index < -0.39 is 41.8 Å². The Labute approximate surface area is 210 Å². The van der Waals surface area contributed by atoms with Crippen molar-refractivity contribution in [1.29, 1.82) is 0 Å². The molecule has 11 nitrogen and oxygen atoms in total. The SMILES string of the molecule is CC(C)C[C@H](NC(=O)[C@H](Cc1c[nH]c2ccccc12)NC(=O)CN)C(=O)N[C@@H](CCCCN)C(=O)O. The van der Waals surface area contributed by atoms with Crippen LogP contribution in [0.15, 0.2) is 30.5 Å². The highest BCUT2D eigenvalue weighted by Gasteiger charge is 2.30. The van der Waals surface area contributed by atoms with Gasteiger partial charge in [0.1, 0.15) is 18.1 Å². The second-order valence-electron chi connectivity index (χ2n) is 9.26. The van der Waals surface area contributed by atoms with E-state index in [1.807, 2.05) is 38.1 Å². The molecule has 198 valence electrons. The number of H-pyrrole nitrogens is 1. The maximum atomic E-state index is 13.3. The minimum absolute atomic E-state index is 0.0345. The van der Waals surface area contributed by atoms with E-state index in [1.165, 1.54) is 0 Å². The highest BCUT2D eigenvalue weighted by atomic mass is 16.4. The van der Waals surface area contributed by atoms with Crippen LogP contribution < -0.4 is 27.4 Å². The molecule has 2 aromatic rings. The number of carboxylic acid groups (broad SMARTS) is 1. The number of hydrogen-bond acceptors (Lipinski definition) is 6. The van der Waals surface area contributed by atoms with Crippen molar-refractivity contribution in [2.24, 2.45) is 17.4 Å². The van der Waals surface area contributed by atoms with Gasteiger partial charge in [-0.15, -0.1) is 0 Å². The van der Waals surface area contributed by atoms with Crippen molar-refractivity contribution in [2.45, 2.75) is 64.1 Å². The Balaban J connectivity index is 2.20. The number of fused-ring (bicyclic) bond motifs is 1. The van der Waals surface area contributed by atoms with Crippen LogP contribution in [0.2, 0.25) is 0 Å². The van der Waals surface area contributed by atoms with Gasteiger partial charge in [0.25, 0.3) is 0 Å². The average molecular weight is 503 g/mol. The smallest absolute Gasteiger partial charge is 0.326 e. The quantitative estimate of drug-likeness (QED) is 0.171. The lowest BCUT2D eigenvalue weighted by molar-refractivity contribution is -0.142. The Morgan fingerprint density at radius 3 is 2.25 bits per heavy atom. The predicted octanol–water partition coefficient (Wildman–Crippen LogP) is 0.383. The van der Waals surface area contributed by atoms with Crippen molar-refractivity contribution in [3.63, 3.8) is 0 Å². The van der Waals surface area contributed by atoms with E-state index >= 15 is 0 Å². The largest absolute Gasteiger partial charge is 0.480 e. The second-order valence-corrected chi connectivity index (χ2v) is 9.26. The number of carbonyl (C=O) groups excluding carboxylic acids is 3. The first-order valence-electron chi connectivity index (χ1n) is 12.2. The molecule has 0 bridgehead atoms. The molecule has 3 amide bonds. The van der Waals surface area contributed by atoms with E-state index in [9.17, 15) is 24.3 Å². The number of carbonyl (C=O) groups is 4. The van der Waals surface area contributed by atoms with Gasteiger partial charge in [-0.25, -0.2) is 4.79 Å². The Bertz CT molecular complexity index is 1040. The monoisotopic (exact) mass is 502 g/mol. The number of aromatic nitrogens is 1. The molecule has 36 heavy (non-hydrogen) atoms. The van der Waals surface area contributed by atoms with E-state index in [-0.39, 0.29) is 31.7 Å². The van der Waals surface area contributed by atoms with Gasteiger partial charge >= 0.3 is 5.97 Å². The number of unbranched alkanes of at least 4 members (excludes halogenated alkanes) is 1. The lowest BCUT2D eigenvalue weighted by atomic mass is 10.00. The highest BCUT2D eigenvalue weighted by molar-refractivity contribution is 5.94. The van der Waals surface area contributed by atoms with Gasteiger partial charge in [0, 0.05) is 23.5 Å². The first kappa shape index (κ1) is 28.8. The van der Waals surface area contributed by atoms with Gasteiger partial charge in [0.15, 0.2) is 0 Å². The number of nitrogens with one attached hydrogen (secondary N) is 4. The molecule has 1 aromatic heterocycles. The summed E-state index contributed by atoms with van der Waals surface area (Å²) >= 11 is 0. The zero-order valence-corrected chi connectivity index (χ0v) is 20.9. The van der Waals surface area contributed by atoms with Crippen molar-refractivity contribution >= 4 is 34.6 Å². The van der Waals surface area contributed by atoms with E-state index in [0.717, 1.165) is 16.5 Å². The molecule has 9 N–H and O–H groups in total. The average Bonchev–Trinajstić information content (AvgIpc) is 3.24. The standard InChI is InChI=1S/C25H38N6O5/c1-15(2)11-20(23(33)30-19(25(35)36)9-5-6-10-26)31-24(34)21(29-22(32)13-27)12-16-14-28-18-8-4-3-7-17(16)18/h3-4,7-8,14-15,19-21,28H,5-6,9-13,26-27H2,1-2H3,(H,29,32)(H,30,33)(H,31,34)(H,35,36)/t19-,20-,21-/m0/s1. The van der Waals surface area contributed by atoms with Gasteiger partial charge in [0.05, 0.1) is 6.54 Å². The predicted molar refractivity (Wildman–Crippen MR) is 137 cm³/mol. The van der Waals surface area contributed by atoms with Crippen LogP contribution in [-0.2, 0) is 25.6 Å². The number of hydrogen-bond donors (Lipinski definition) is 7. The molecule has 0 aliphatic carbocycles. The van der Waals surface area contributed by atoms with Crippen LogP contribution in [0, 0.1) is 5.92 Å². The summed E-state index contributed by atoms with van der Waals surface area (Å²) in [6.07, 6.45) is 3.66. The molecule has 0 saturated carbocycles. The maximum absolute atomic E-state index is 13.3. The fourth-order valence-corrected chi connectivity index (χ4v) is 3.98. The number of carboxylic acids is 1.